The number of aromatic hydroxyl groups is 2. The SMILES string of the molecule is CC(CC(C)(C)c1ccc(O)c(Br)c1)c1ccc(O)c(Br)c1. The molecule has 0 aliphatic heterocycles. The Morgan fingerprint density at radius 3 is 2.05 bits per heavy atom. The third-order valence-electron chi connectivity index (χ3n) is 4.09. The van der Waals surface area contributed by atoms with Gasteiger partial charge in [0, 0.05) is 0 Å². The molecule has 2 N–H and O–H groups in total. The smallest absolute Gasteiger partial charge is 0.129 e. The van der Waals surface area contributed by atoms with Gasteiger partial charge in [0.05, 0.1) is 8.95 Å². The molecule has 0 saturated carbocycles. The molecule has 0 aliphatic carbocycles. The van der Waals surface area contributed by atoms with E-state index in [0.29, 0.717) is 5.92 Å². The van der Waals surface area contributed by atoms with Crippen LogP contribution in [0.15, 0.2) is 45.3 Å². The van der Waals surface area contributed by atoms with Crippen molar-refractivity contribution in [2.75, 3.05) is 0 Å². The van der Waals surface area contributed by atoms with Gasteiger partial charge in [0.15, 0.2) is 0 Å². The molecule has 0 bridgehead atoms. The molecule has 2 rings (SSSR count). The van der Waals surface area contributed by atoms with Gasteiger partial charge >= 0.3 is 0 Å². The maximum atomic E-state index is 9.65. The molecule has 2 nitrogen and oxygen atoms in total. The number of benzene rings is 2. The topological polar surface area (TPSA) is 40.5 Å². The van der Waals surface area contributed by atoms with Crippen LogP contribution in [-0.4, -0.2) is 10.2 Å². The molecule has 22 heavy (non-hydrogen) atoms. The Morgan fingerprint density at radius 1 is 0.955 bits per heavy atom. The van der Waals surface area contributed by atoms with Crippen LogP contribution in [0.4, 0.5) is 0 Å². The molecular formula is C18H20Br2O2. The minimum atomic E-state index is -0.0278. The standard InChI is InChI=1S/C18H20Br2O2/c1-11(12-4-6-16(21)14(19)8-12)10-18(2,3)13-5-7-17(22)15(20)9-13/h4-9,11,21-22H,10H2,1-3H3. The van der Waals surface area contributed by atoms with Crippen molar-refractivity contribution in [3.8, 4) is 11.5 Å². The van der Waals surface area contributed by atoms with Crippen molar-refractivity contribution in [1.29, 1.82) is 0 Å². The summed E-state index contributed by atoms with van der Waals surface area (Å²) in [6.07, 6.45) is 0.960. The molecule has 118 valence electrons. The van der Waals surface area contributed by atoms with Crippen LogP contribution in [0.1, 0.15) is 44.2 Å². The van der Waals surface area contributed by atoms with Gasteiger partial charge in [-0.15, -0.1) is 0 Å². The van der Waals surface area contributed by atoms with Crippen LogP contribution in [0.5, 0.6) is 11.5 Å². The highest BCUT2D eigenvalue weighted by Crippen LogP contribution is 2.38. The average Bonchev–Trinajstić information content (AvgIpc) is 2.44. The van der Waals surface area contributed by atoms with E-state index in [2.05, 4.69) is 52.6 Å². The van der Waals surface area contributed by atoms with Gasteiger partial charge < -0.3 is 10.2 Å². The molecule has 2 aromatic rings. The Kier molecular flexibility index (Phi) is 5.23. The highest BCUT2D eigenvalue weighted by Gasteiger charge is 2.25. The van der Waals surface area contributed by atoms with Gasteiger partial charge in [-0.25, -0.2) is 0 Å². The maximum absolute atomic E-state index is 9.65. The van der Waals surface area contributed by atoms with E-state index < -0.39 is 0 Å². The highest BCUT2D eigenvalue weighted by atomic mass is 79.9. The van der Waals surface area contributed by atoms with Crippen LogP contribution >= 0.6 is 31.9 Å². The fourth-order valence-corrected chi connectivity index (χ4v) is 3.53. The van der Waals surface area contributed by atoms with E-state index in [1.807, 2.05) is 24.3 Å². The minimum absolute atomic E-state index is 0.0278. The van der Waals surface area contributed by atoms with Crippen LogP contribution < -0.4 is 0 Å². The van der Waals surface area contributed by atoms with E-state index in [4.69, 9.17) is 0 Å². The lowest BCUT2D eigenvalue weighted by molar-refractivity contribution is 0.434. The molecule has 0 saturated heterocycles. The molecule has 0 spiro atoms. The Balaban J connectivity index is 2.22. The molecule has 4 heteroatoms. The summed E-state index contributed by atoms with van der Waals surface area (Å²) in [4.78, 5) is 0. The van der Waals surface area contributed by atoms with E-state index in [9.17, 15) is 10.2 Å². The predicted molar refractivity (Wildman–Crippen MR) is 97.7 cm³/mol. The van der Waals surface area contributed by atoms with Crippen molar-refractivity contribution in [3.63, 3.8) is 0 Å². The third kappa shape index (κ3) is 3.85. The van der Waals surface area contributed by atoms with Crippen LogP contribution in [0.3, 0.4) is 0 Å². The molecule has 0 aliphatic rings. The quantitative estimate of drug-likeness (QED) is 0.619. The van der Waals surface area contributed by atoms with Crippen LogP contribution in [-0.2, 0) is 5.41 Å². The first-order valence-electron chi connectivity index (χ1n) is 7.18. The van der Waals surface area contributed by atoms with Crippen molar-refractivity contribution in [2.45, 2.75) is 38.5 Å². The molecule has 0 fully saturated rings. The Labute approximate surface area is 148 Å². The first-order valence-corrected chi connectivity index (χ1v) is 8.77. The van der Waals surface area contributed by atoms with Crippen LogP contribution in [0.25, 0.3) is 0 Å². The zero-order valence-electron chi connectivity index (χ0n) is 12.9. The Morgan fingerprint density at radius 2 is 1.50 bits per heavy atom. The summed E-state index contributed by atoms with van der Waals surface area (Å²) in [5, 5.41) is 19.3. The number of hydrogen-bond donors (Lipinski definition) is 2. The second-order valence-electron chi connectivity index (χ2n) is 6.37. The van der Waals surface area contributed by atoms with Crippen LogP contribution in [0.2, 0.25) is 0 Å². The van der Waals surface area contributed by atoms with Gasteiger partial charge in [0.25, 0.3) is 0 Å². The maximum Gasteiger partial charge on any atom is 0.129 e. The molecule has 0 aromatic heterocycles. The molecular weight excluding hydrogens is 408 g/mol. The molecule has 0 amide bonds. The fourth-order valence-electron chi connectivity index (χ4n) is 2.76. The Bertz CT molecular complexity index is 681. The molecule has 1 unspecified atom stereocenters. The molecule has 0 heterocycles. The fraction of sp³-hybridized carbons (Fsp3) is 0.333. The van der Waals surface area contributed by atoms with Gasteiger partial charge in [0.2, 0.25) is 0 Å². The zero-order valence-corrected chi connectivity index (χ0v) is 16.1. The van der Waals surface area contributed by atoms with Gasteiger partial charge in [0.1, 0.15) is 11.5 Å². The lowest BCUT2D eigenvalue weighted by Gasteiger charge is -2.29. The number of phenolic OH excluding ortho intramolecular Hbond substituents is 2. The van der Waals surface area contributed by atoms with Crippen molar-refractivity contribution < 1.29 is 10.2 Å². The summed E-state index contributed by atoms with van der Waals surface area (Å²) in [6, 6.07) is 11.3. The lowest BCUT2D eigenvalue weighted by atomic mass is 9.76. The summed E-state index contributed by atoms with van der Waals surface area (Å²) in [6.45, 7) is 6.60. The van der Waals surface area contributed by atoms with Crippen molar-refractivity contribution >= 4 is 31.9 Å². The van der Waals surface area contributed by atoms with Crippen molar-refractivity contribution in [1.82, 2.24) is 0 Å². The number of phenols is 2. The van der Waals surface area contributed by atoms with E-state index in [1.54, 1.807) is 12.1 Å². The molecule has 2 aromatic carbocycles. The summed E-state index contributed by atoms with van der Waals surface area (Å²) in [5.74, 6) is 0.868. The van der Waals surface area contributed by atoms with Gasteiger partial charge in [-0.1, -0.05) is 32.9 Å². The summed E-state index contributed by atoms with van der Waals surface area (Å²) < 4.78 is 1.44. The summed E-state index contributed by atoms with van der Waals surface area (Å²) in [5.41, 5.74) is 2.34. The van der Waals surface area contributed by atoms with E-state index in [0.717, 1.165) is 15.4 Å². The normalized spacial score (nSPS) is 13.1. The van der Waals surface area contributed by atoms with E-state index >= 15 is 0 Å². The second kappa shape index (κ2) is 6.63. The predicted octanol–water partition coefficient (Wildman–Crippen LogP) is 6.09. The van der Waals surface area contributed by atoms with Crippen molar-refractivity contribution in [3.05, 3.63) is 56.5 Å². The van der Waals surface area contributed by atoms with E-state index in [-0.39, 0.29) is 16.9 Å². The van der Waals surface area contributed by atoms with E-state index in [1.165, 1.54) is 11.1 Å². The minimum Gasteiger partial charge on any atom is -0.507 e. The number of halogens is 2. The zero-order chi connectivity index (χ0) is 16.5. The largest absolute Gasteiger partial charge is 0.507 e. The summed E-state index contributed by atoms with van der Waals surface area (Å²) >= 11 is 6.76. The molecule has 1 atom stereocenters. The highest BCUT2D eigenvalue weighted by molar-refractivity contribution is 9.10. The monoisotopic (exact) mass is 426 g/mol. The average molecular weight is 428 g/mol. The second-order valence-corrected chi connectivity index (χ2v) is 8.07. The third-order valence-corrected chi connectivity index (χ3v) is 5.36. The number of rotatable bonds is 4. The van der Waals surface area contributed by atoms with Gasteiger partial charge in [-0.2, -0.15) is 0 Å². The van der Waals surface area contributed by atoms with Crippen molar-refractivity contribution in [2.24, 2.45) is 0 Å². The Hall–Kier alpha value is -1.00. The summed E-state index contributed by atoms with van der Waals surface area (Å²) in [7, 11) is 0. The molecule has 0 radical (unpaired) electrons. The van der Waals surface area contributed by atoms with Gasteiger partial charge in [-0.3, -0.25) is 0 Å². The van der Waals surface area contributed by atoms with Crippen LogP contribution in [0, 0.1) is 0 Å². The number of hydrogen-bond acceptors (Lipinski definition) is 2. The van der Waals surface area contributed by atoms with Gasteiger partial charge in [-0.05, 0) is 85.0 Å². The first-order chi connectivity index (χ1) is 10.2. The first kappa shape index (κ1) is 17.4. The lowest BCUT2D eigenvalue weighted by Crippen LogP contribution is -2.20.